The molecule has 0 atom stereocenters. The van der Waals surface area contributed by atoms with Crippen LogP contribution in [0.2, 0.25) is 0 Å². The Morgan fingerprint density at radius 2 is 1.67 bits per heavy atom. The predicted octanol–water partition coefficient (Wildman–Crippen LogP) is 2.25. The van der Waals surface area contributed by atoms with E-state index in [1.807, 2.05) is 54.6 Å². The lowest BCUT2D eigenvalue weighted by Gasteiger charge is -2.11. The minimum Gasteiger partial charge on any atom is -0.358 e. The molecule has 0 aliphatic rings. The van der Waals surface area contributed by atoms with E-state index in [4.69, 9.17) is 12.2 Å². The molecule has 108 valence electrons. The Labute approximate surface area is 128 Å². The molecule has 4 N–H and O–H groups in total. The average Bonchev–Trinajstić information content (AvgIpc) is 2.53. The van der Waals surface area contributed by atoms with Gasteiger partial charge in [-0.2, -0.15) is 0 Å². The van der Waals surface area contributed by atoms with Crippen molar-refractivity contribution in [2.45, 2.75) is 6.54 Å². The van der Waals surface area contributed by atoms with E-state index in [0.29, 0.717) is 18.1 Å². The van der Waals surface area contributed by atoms with Crippen LogP contribution < -0.4 is 21.5 Å². The van der Waals surface area contributed by atoms with Gasteiger partial charge in [0.05, 0.1) is 5.69 Å². The van der Waals surface area contributed by atoms with E-state index in [1.165, 1.54) is 5.56 Å². The molecule has 0 bridgehead atoms. The molecule has 0 fully saturated rings. The Morgan fingerprint density at radius 3 is 2.33 bits per heavy atom. The van der Waals surface area contributed by atoms with Crippen molar-refractivity contribution in [2.75, 3.05) is 10.7 Å². The summed E-state index contributed by atoms with van der Waals surface area (Å²) in [6.45, 7) is 0.676. The van der Waals surface area contributed by atoms with E-state index in [0.717, 1.165) is 11.4 Å². The third kappa shape index (κ3) is 5.12. The van der Waals surface area contributed by atoms with E-state index >= 15 is 0 Å². The van der Waals surface area contributed by atoms with Crippen molar-refractivity contribution >= 4 is 35.1 Å². The Kier molecular flexibility index (Phi) is 5.54. The van der Waals surface area contributed by atoms with Crippen LogP contribution in [0.1, 0.15) is 5.56 Å². The number of rotatable bonds is 6. The first-order chi connectivity index (χ1) is 10.3. The highest BCUT2D eigenvalue weighted by Gasteiger charge is 1.98. The fraction of sp³-hybridized carbons (Fsp3) is 0.0667. The fourth-order valence-electron chi connectivity index (χ4n) is 1.70. The highest BCUT2D eigenvalue weighted by atomic mass is 32.1. The molecular formula is C15H16N4OS. The molecule has 21 heavy (non-hydrogen) atoms. The minimum atomic E-state index is 0.561. The molecule has 0 aromatic heterocycles. The molecule has 6 heteroatoms. The predicted molar refractivity (Wildman–Crippen MR) is 88.8 cm³/mol. The van der Waals surface area contributed by atoms with E-state index in [-0.39, 0.29) is 0 Å². The second kappa shape index (κ2) is 7.86. The first kappa shape index (κ1) is 14.8. The van der Waals surface area contributed by atoms with Gasteiger partial charge in [-0.1, -0.05) is 30.3 Å². The number of nitrogens with one attached hydrogen (secondary N) is 4. The van der Waals surface area contributed by atoms with Crippen molar-refractivity contribution in [1.29, 1.82) is 0 Å². The number of thiocarbonyl (C=S) groups is 1. The van der Waals surface area contributed by atoms with Gasteiger partial charge in [-0.05, 0) is 42.0 Å². The van der Waals surface area contributed by atoms with Crippen molar-refractivity contribution in [1.82, 2.24) is 10.7 Å². The molecule has 0 saturated carbocycles. The summed E-state index contributed by atoms with van der Waals surface area (Å²) >= 11 is 5.24. The normalized spacial score (nSPS) is 9.52. The van der Waals surface area contributed by atoms with Gasteiger partial charge in [0.1, 0.15) is 0 Å². The van der Waals surface area contributed by atoms with Crippen molar-refractivity contribution in [3.8, 4) is 0 Å². The van der Waals surface area contributed by atoms with E-state index in [1.54, 1.807) is 0 Å². The third-order valence-electron chi connectivity index (χ3n) is 2.71. The smallest absolute Gasteiger partial charge is 0.225 e. The molecule has 2 rings (SSSR count). The number of hydrogen-bond acceptors (Lipinski definition) is 3. The van der Waals surface area contributed by atoms with Crippen LogP contribution in [0.15, 0.2) is 54.6 Å². The molecule has 2 aromatic carbocycles. The fourth-order valence-corrected chi connectivity index (χ4v) is 1.89. The lowest BCUT2D eigenvalue weighted by atomic mass is 10.2. The molecule has 0 aliphatic heterocycles. The second-order valence-electron chi connectivity index (χ2n) is 4.26. The molecule has 1 amide bonds. The summed E-state index contributed by atoms with van der Waals surface area (Å²) in [7, 11) is 0. The minimum absolute atomic E-state index is 0.561. The summed E-state index contributed by atoms with van der Waals surface area (Å²) in [5, 5.41) is 6.80. The average molecular weight is 300 g/mol. The van der Waals surface area contributed by atoms with Crippen molar-refractivity contribution in [3.05, 3.63) is 60.2 Å². The van der Waals surface area contributed by atoms with Gasteiger partial charge in [0.2, 0.25) is 6.41 Å². The highest BCUT2D eigenvalue weighted by molar-refractivity contribution is 7.80. The lowest BCUT2D eigenvalue weighted by Crippen LogP contribution is -2.27. The Hall–Kier alpha value is -2.60. The highest BCUT2D eigenvalue weighted by Crippen LogP contribution is 2.12. The van der Waals surface area contributed by atoms with E-state index < -0.39 is 0 Å². The lowest BCUT2D eigenvalue weighted by molar-refractivity contribution is -0.109. The zero-order chi connectivity index (χ0) is 14.9. The van der Waals surface area contributed by atoms with Gasteiger partial charge in [0.25, 0.3) is 0 Å². The largest absolute Gasteiger partial charge is 0.358 e. The zero-order valence-electron chi connectivity index (χ0n) is 11.3. The van der Waals surface area contributed by atoms with Gasteiger partial charge in [-0.25, -0.2) is 0 Å². The van der Waals surface area contributed by atoms with Crippen LogP contribution in [-0.2, 0) is 11.3 Å². The van der Waals surface area contributed by atoms with E-state index in [2.05, 4.69) is 21.5 Å². The van der Waals surface area contributed by atoms with Gasteiger partial charge in [0, 0.05) is 12.2 Å². The number of amides is 1. The van der Waals surface area contributed by atoms with Crippen LogP contribution in [0.4, 0.5) is 11.4 Å². The van der Waals surface area contributed by atoms with Crippen LogP contribution in [0.5, 0.6) is 0 Å². The molecule has 0 aliphatic carbocycles. The van der Waals surface area contributed by atoms with Gasteiger partial charge >= 0.3 is 0 Å². The Balaban J connectivity index is 1.80. The number of hydrazine groups is 1. The maximum atomic E-state index is 10.2. The Bertz CT molecular complexity index is 586. The van der Waals surface area contributed by atoms with Crippen LogP contribution >= 0.6 is 12.2 Å². The maximum Gasteiger partial charge on any atom is 0.225 e. The van der Waals surface area contributed by atoms with Gasteiger partial charge < -0.3 is 10.6 Å². The quantitative estimate of drug-likeness (QED) is 0.374. The molecule has 5 nitrogen and oxygen atoms in total. The SMILES string of the molecule is O=CNNc1ccc(NC(=S)NCc2ccccc2)cc1. The summed E-state index contributed by atoms with van der Waals surface area (Å²) in [5.41, 5.74) is 7.93. The summed E-state index contributed by atoms with van der Waals surface area (Å²) in [5.74, 6) is 0. The maximum absolute atomic E-state index is 10.2. The van der Waals surface area contributed by atoms with E-state index in [9.17, 15) is 4.79 Å². The number of carbonyl (C=O) groups is 1. The topological polar surface area (TPSA) is 65.2 Å². The Morgan fingerprint density at radius 1 is 1.00 bits per heavy atom. The number of benzene rings is 2. The molecule has 2 aromatic rings. The van der Waals surface area contributed by atoms with Gasteiger partial charge in [-0.3, -0.25) is 15.6 Å². The van der Waals surface area contributed by atoms with Crippen molar-refractivity contribution in [3.63, 3.8) is 0 Å². The molecule has 0 unspecified atom stereocenters. The van der Waals surface area contributed by atoms with Crippen LogP contribution in [0.25, 0.3) is 0 Å². The number of carbonyl (C=O) groups excluding carboxylic acids is 1. The van der Waals surface area contributed by atoms with Crippen molar-refractivity contribution < 1.29 is 4.79 Å². The van der Waals surface area contributed by atoms with Gasteiger partial charge in [-0.15, -0.1) is 0 Å². The number of anilines is 2. The van der Waals surface area contributed by atoms with Crippen LogP contribution in [0, 0.1) is 0 Å². The zero-order valence-corrected chi connectivity index (χ0v) is 12.1. The van der Waals surface area contributed by atoms with Crippen molar-refractivity contribution in [2.24, 2.45) is 0 Å². The summed E-state index contributed by atoms with van der Waals surface area (Å²) < 4.78 is 0. The number of hydrogen-bond donors (Lipinski definition) is 4. The second-order valence-corrected chi connectivity index (χ2v) is 4.67. The summed E-state index contributed by atoms with van der Waals surface area (Å²) in [6.07, 6.45) is 0.578. The molecule has 0 heterocycles. The molecular weight excluding hydrogens is 284 g/mol. The first-order valence-corrected chi connectivity index (χ1v) is 6.83. The van der Waals surface area contributed by atoms with Gasteiger partial charge in [0.15, 0.2) is 5.11 Å². The summed E-state index contributed by atoms with van der Waals surface area (Å²) in [6, 6.07) is 17.4. The molecule has 0 radical (unpaired) electrons. The first-order valence-electron chi connectivity index (χ1n) is 6.42. The van der Waals surface area contributed by atoms with Crippen LogP contribution in [-0.4, -0.2) is 11.5 Å². The summed E-state index contributed by atoms with van der Waals surface area (Å²) in [4.78, 5) is 10.2. The molecule has 0 spiro atoms. The third-order valence-corrected chi connectivity index (χ3v) is 2.96. The monoisotopic (exact) mass is 300 g/mol. The molecule has 0 saturated heterocycles. The van der Waals surface area contributed by atoms with Crippen LogP contribution in [0.3, 0.4) is 0 Å². The standard InChI is InChI=1S/C15H16N4OS/c20-11-17-19-14-8-6-13(7-9-14)18-15(21)16-10-12-4-2-1-3-5-12/h1-9,11,19H,10H2,(H,17,20)(H2,16,18,21).